The number of fused-ring (bicyclic) bond motifs is 1. The summed E-state index contributed by atoms with van der Waals surface area (Å²) in [6.07, 6.45) is 4.58. The molecule has 3 amide bonds. The summed E-state index contributed by atoms with van der Waals surface area (Å²) >= 11 is 0. The molecule has 3 aliphatic rings. The number of carbonyl (C=O) groups is 3. The van der Waals surface area contributed by atoms with Crippen molar-refractivity contribution in [2.45, 2.75) is 24.9 Å². The minimum atomic E-state index is -0.508. The fourth-order valence-electron chi connectivity index (χ4n) is 4.17. The molecular weight excluding hydrogens is 320 g/mol. The molecule has 4 atom stereocenters. The summed E-state index contributed by atoms with van der Waals surface area (Å²) in [6.45, 7) is 0.299. The van der Waals surface area contributed by atoms with Gasteiger partial charge in [-0.05, 0) is 18.4 Å². The van der Waals surface area contributed by atoms with Gasteiger partial charge in [-0.1, -0.05) is 42.5 Å². The lowest BCUT2D eigenvalue weighted by atomic mass is 9.80. The minimum absolute atomic E-state index is 0.142. The maximum Gasteiger partial charge on any atom is 0.410 e. The Kier molecular flexibility index (Phi) is 3.82. The Hall–Kier alpha value is -2.63. The summed E-state index contributed by atoms with van der Waals surface area (Å²) < 4.78 is 5.28. The number of ether oxygens (including phenoxy) is 1. The Morgan fingerprint density at radius 2 is 1.88 bits per heavy atom. The number of benzene rings is 1. The van der Waals surface area contributed by atoms with Gasteiger partial charge in [0.05, 0.1) is 23.9 Å². The Morgan fingerprint density at radius 3 is 2.64 bits per heavy atom. The van der Waals surface area contributed by atoms with Gasteiger partial charge in [0.2, 0.25) is 11.8 Å². The fraction of sp³-hybridized carbons (Fsp3) is 0.421. The van der Waals surface area contributed by atoms with Gasteiger partial charge in [0.25, 0.3) is 0 Å². The van der Waals surface area contributed by atoms with Gasteiger partial charge in [0, 0.05) is 7.05 Å². The first kappa shape index (κ1) is 15.9. The van der Waals surface area contributed by atoms with Crippen LogP contribution in [-0.4, -0.2) is 53.4 Å². The van der Waals surface area contributed by atoms with Crippen LogP contribution in [0.5, 0.6) is 0 Å². The molecule has 2 saturated heterocycles. The predicted molar refractivity (Wildman–Crippen MR) is 89.4 cm³/mol. The molecule has 6 nitrogen and oxygen atoms in total. The van der Waals surface area contributed by atoms with Crippen molar-refractivity contribution in [2.24, 2.45) is 11.8 Å². The molecule has 0 radical (unpaired) electrons. The van der Waals surface area contributed by atoms with Crippen molar-refractivity contribution in [1.82, 2.24) is 9.80 Å². The van der Waals surface area contributed by atoms with Crippen molar-refractivity contribution < 1.29 is 19.1 Å². The Morgan fingerprint density at radius 1 is 1.12 bits per heavy atom. The molecule has 0 bridgehead atoms. The maximum absolute atomic E-state index is 12.6. The molecule has 0 saturated carbocycles. The van der Waals surface area contributed by atoms with Gasteiger partial charge in [-0.3, -0.25) is 19.4 Å². The van der Waals surface area contributed by atoms with Gasteiger partial charge in [0.1, 0.15) is 6.61 Å². The number of imide groups is 1. The second-order valence-electron chi connectivity index (χ2n) is 6.85. The summed E-state index contributed by atoms with van der Waals surface area (Å²) in [5, 5.41) is 0. The van der Waals surface area contributed by atoms with Gasteiger partial charge in [-0.25, -0.2) is 4.79 Å². The number of carbonyl (C=O) groups excluding carboxylic acids is 3. The number of amides is 3. The number of hydrogen-bond donors (Lipinski definition) is 0. The van der Waals surface area contributed by atoms with Gasteiger partial charge in [0.15, 0.2) is 0 Å². The highest BCUT2D eigenvalue weighted by Crippen LogP contribution is 2.38. The largest absolute Gasteiger partial charge is 0.447 e. The molecular formula is C19H20N2O4. The average Bonchev–Trinajstić information content (AvgIpc) is 3.09. The van der Waals surface area contributed by atoms with Crippen molar-refractivity contribution in [3.05, 3.63) is 48.0 Å². The molecule has 2 fully saturated rings. The van der Waals surface area contributed by atoms with Crippen LogP contribution in [0.15, 0.2) is 42.5 Å². The van der Waals surface area contributed by atoms with Gasteiger partial charge in [-0.2, -0.15) is 0 Å². The molecule has 0 aromatic heterocycles. The van der Waals surface area contributed by atoms with Crippen LogP contribution < -0.4 is 0 Å². The number of rotatable bonds is 3. The third-order valence-electron chi connectivity index (χ3n) is 5.43. The van der Waals surface area contributed by atoms with Crippen LogP contribution in [0, 0.1) is 11.8 Å². The molecule has 130 valence electrons. The highest BCUT2D eigenvalue weighted by molar-refractivity contribution is 6.05. The molecule has 6 heteroatoms. The van der Waals surface area contributed by atoms with Crippen LogP contribution in [-0.2, 0) is 20.7 Å². The van der Waals surface area contributed by atoms with Crippen LogP contribution >= 0.6 is 0 Å². The van der Waals surface area contributed by atoms with E-state index in [1.807, 2.05) is 42.5 Å². The zero-order chi connectivity index (χ0) is 17.6. The van der Waals surface area contributed by atoms with E-state index < -0.39 is 18.1 Å². The summed E-state index contributed by atoms with van der Waals surface area (Å²) in [7, 11) is 1.52. The predicted octanol–water partition coefficient (Wildman–Crippen LogP) is 1.61. The first-order chi connectivity index (χ1) is 12.1. The lowest BCUT2D eigenvalue weighted by Crippen LogP contribution is -2.50. The monoisotopic (exact) mass is 340 g/mol. The molecule has 1 unspecified atom stereocenters. The van der Waals surface area contributed by atoms with E-state index in [0.29, 0.717) is 19.4 Å². The van der Waals surface area contributed by atoms with E-state index in [1.165, 1.54) is 11.9 Å². The Bertz CT molecular complexity index is 745. The van der Waals surface area contributed by atoms with E-state index in [1.54, 1.807) is 4.90 Å². The van der Waals surface area contributed by atoms with Gasteiger partial charge in [-0.15, -0.1) is 0 Å². The SMILES string of the molecule is CN1C(=O)[C@@H]2CC=CC(N3C(=O)OC[C@@H]3Cc3ccccc3)[C@@H]2C1=O. The average molecular weight is 340 g/mol. The Labute approximate surface area is 146 Å². The zero-order valence-electron chi connectivity index (χ0n) is 14.0. The third-order valence-corrected chi connectivity index (χ3v) is 5.43. The van der Waals surface area contributed by atoms with Crippen molar-refractivity contribution >= 4 is 17.9 Å². The maximum atomic E-state index is 12.6. The van der Waals surface area contributed by atoms with E-state index in [-0.39, 0.29) is 23.8 Å². The lowest BCUT2D eigenvalue weighted by molar-refractivity contribution is -0.138. The molecule has 2 aliphatic heterocycles. The molecule has 25 heavy (non-hydrogen) atoms. The zero-order valence-corrected chi connectivity index (χ0v) is 14.0. The number of likely N-dealkylation sites (tertiary alicyclic amines) is 1. The van der Waals surface area contributed by atoms with E-state index in [9.17, 15) is 14.4 Å². The van der Waals surface area contributed by atoms with E-state index in [2.05, 4.69) is 0 Å². The first-order valence-corrected chi connectivity index (χ1v) is 8.55. The highest BCUT2D eigenvalue weighted by Gasteiger charge is 2.54. The lowest BCUT2D eigenvalue weighted by Gasteiger charge is -2.35. The van der Waals surface area contributed by atoms with Gasteiger partial charge >= 0.3 is 6.09 Å². The van der Waals surface area contributed by atoms with E-state index >= 15 is 0 Å². The smallest absolute Gasteiger partial charge is 0.410 e. The van der Waals surface area contributed by atoms with Crippen molar-refractivity contribution in [2.75, 3.05) is 13.7 Å². The Balaban J connectivity index is 1.63. The van der Waals surface area contributed by atoms with Crippen molar-refractivity contribution in [3.8, 4) is 0 Å². The van der Waals surface area contributed by atoms with E-state index in [4.69, 9.17) is 4.74 Å². The number of hydrogen-bond acceptors (Lipinski definition) is 4. The third kappa shape index (κ3) is 2.52. The van der Waals surface area contributed by atoms with Crippen molar-refractivity contribution in [3.63, 3.8) is 0 Å². The quantitative estimate of drug-likeness (QED) is 0.619. The molecule has 1 aliphatic carbocycles. The van der Waals surface area contributed by atoms with Crippen LogP contribution in [0.1, 0.15) is 12.0 Å². The molecule has 4 rings (SSSR count). The van der Waals surface area contributed by atoms with Gasteiger partial charge < -0.3 is 4.74 Å². The number of allylic oxidation sites excluding steroid dienone is 1. The molecule has 1 aromatic rings. The van der Waals surface area contributed by atoms with Crippen LogP contribution in [0.2, 0.25) is 0 Å². The fourth-order valence-corrected chi connectivity index (χ4v) is 4.17. The summed E-state index contributed by atoms with van der Waals surface area (Å²) in [4.78, 5) is 40.1. The van der Waals surface area contributed by atoms with E-state index in [0.717, 1.165) is 5.56 Å². The molecule has 0 spiro atoms. The van der Waals surface area contributed by atoms with Crippen molar-refractivity contribution in [1.29, 1.82) is 0 Å². The normalized spacial score (nSPS) is 31.5. The minimum Gasteiger partial charge on any atom is -0.447 e. The molecule has 2 heterocycles. The standard InChI is InChI=1S/C19H20N2O4/c1-20-17(22)14-8-5-9-15(16(14)18(20)23)21-13(11-25-19(21)24)10-12-6-3-2-4-7-12/h2-7,9,13-16H,8,10-11H2,1H3/t13-,14+,15?,16+/m0/s1. The second kappa shape index (κ2) is 6.02. The number of cyclic esters (lactones) is 1. The topological polar surface area (TPSA) is 66.9 Å². The van der Waals surface area contributed by atoms with Crippen LogP contribution in [0.4, 0.5) is 4.79 Å². The van der Waals surface area contributed by atoms with Crippen LogP contribution in [0.25, 0.3) is 0 Å². The summed E-state index contributed by atoms with van der Waals surface area (Å²) in [5.41, 5.74) is 1.11. The second-order valence-corrected chi connectivity index (χ2v) is 6.85. The molecule has 0 N–H and O–H groups in total. The number of nitrogens with zero attached hydrogens (tertiary/aromatic N) is 2. The first-order valence-electron chi connectivity index (χ1n) is 8.55. The van der Waals surface area contributed by atoms with Crippen LogP contribution in [0.3, 0.4) is 0 Å². The highest BCUT2D eigenvalue weighted by atomic mass is 16.6. The summed E-state index contributed by atoms with van der Waals surface area (Å²) in [6, 6.07) is 9.33. The molecule has 1 aromatic carbocycles. The summed E-state index contributed by atoms with van der Waals surface area (Å²) in [5.74, 6) is -1.25.